The number of nitrogens with zero attached hydrogens (tertiary/aromatic N) is 2. The molecule has 1 radical (unpaired) electrons. The average Bonchev–Trinajstić information content (AvgIpc) is 2.14. The van der Waals surface area contributed by atoms with Gasteiger partial charge < -0.3 is 8.46 Å². The molecule has 0 aromatic heterocycles. The van der Waals surface area contributed by atoms with Gasteiger partial charge in [-0.05, 0) is 32.5 Å². The maximum absolute atomic E-state index is 3.04. The predicted octanol–water partition coefficient (Wildman–Crippen LogP) is 3.56. The molecule has 1 saturated heterocycles. The molecule has 0 aromatic carbocycles. The van der Waals surface area contributed by atoms with Crippen LogP contribution >= 0.6 is 0 Å². The molecule has 0 atom stereocenters. The summed E-state index contributed by atoms with van der Waals surface area (Å²) in [6, 6.07) is 0. The molecule has 1 heterocycles. The van der Waals surface area contributed by atoms with E-state index in [1.165, 1.54) is 32.4 Å². The summed E-state index contributed by atoms with van der Waals surface area (Å²) in [6.07, 6.45) is 4.30. The second kappa shape index (κ2) is 5.69. The van der Waals surface area contributed by atoms with Crippen LogP contribution in [0.4, 0.5) is 0 Å². The van der Waals surface area contributed by atoms with Gasteiger partial charge in [0.25, 0.3) is 0 Å². The van der Waals surface area contributed by atoms with Gasteiger partial charge in [0.05, 0.1) is 0 Å². The Hall–Kier alpha value is 0.571. The predicted molar refractivity (Wildman–Crippen MR) is 85.6 cm³/mol. The number of rotatable bonds is 4. The fourth-order valence-corrected chi connectivity index (χ4v) is 21.2. The molecule has 17 heavy (non-hydrogen) atoms. The quantitative estimate of drug-likeness (QED) is 0.730. The molecule has 1 fully saturated rings. The fraction of sp³-hybridized carbons (Fsp3) is 1.00. The summed E-state index contributed by atoms with van der Waals surface area (Å²) in [6.45, 7) is 20.4. The Morgan fingerprint density at radius 3 is 1.59 bits per heavy atom. The SMILES string of the molecule is C[Si](N1CCCCC1)N([Si](C)(C)C)[Si](C)(C)C. The smallest absolute Gasteiger partial charge is 0.211 e. The van der Waals surface area contributed by atoms with E-state index in [0.717, 1.165) is 0 Å². The Bertz CT molecular complexity index is 225. The van der Waals surface area contributed by atoms with Gasteiger partial charge in [-0.3, -0.25) is 0 Å². The Morgan fingerprint density at radius 2 is 1.24 bits per heavy atom. The summed E-state index contributed by atoms with van der Waals surface area (Å²) in [4.78, 5) is 0. The maximum Gasteiger partial charge on any atom is 0.211 e. The van der Waals surface area contributed by atoms with Crippen molar-refractivity contribution >= 4 is 25.6 Å². The first-order valence-corrected chi connectivity index (χ1v) is 15.8. The zero-order valence-corrected chi connectivity index (χ0v) is 15.9. The Kier molecular flexibility index (Phi) is 5.23. The molecule has 0 N–H and O–H groups in total. The van der Waals surface area contributed by atoms with Crippen LogP contribution in [0.15, 0.2) is 0 Å². The summed E-state index contributed by atoms with van der Waals surface area (Å²) < 4.78 is 5.86. The highest BCUT2D eigenvalue weighted by Crippen LogP contribution is 2.24. The normalized spacial score (nSPS) is 20.3. The number of piperidine rings is 1. The minimum absolute atomic E-state index is 0.453. The molecular formula is C12H31N2Si3. The lowest BCUT2D eigenvalue weighted by molar-refractivity contribution is 0.342. The Morgan fingerprint density at radius 1 is 0.824 bits per heavy atom. The van der Waals surface area contributed by atoms with E-state index in [0.29, 0.717) is 0 Å². The van der Waals surface area contributed by atoms with Crippen molar-refractivity contribution < 1.29 is 0 Å². The minimum Gasteiger partial charge on any atom is -0.357 e. The number of hydrogen-bond acceptors (Lipinski definition) is 2. The Balaban J connectivity index is 2.82. The molecule has 101 valence electrons. The monoisotopic (exact) mass is 287 g/mol. The first kappa shape index (κ1) is 15.6. The average molecular weight is 288 g/mol. The van der Waals surface area contributed by atoms with E-state index >= 15 is 0 Å². The third-order valence-corrected chi connectivity index (χ3v) is 18.2. The van der Waals surface area contributed by atoms with Gasteiger partial charge in [0.2, 0.25) is 9.12 Å². The van der Waals surface area contributed by atoms with Gasteiger partial charge in [0.15, 0.2) is 0 Å². The molecule has 0 bridgehead atoms. The lowest BCUT2D eigenvalue weighted by Gasteiger charge is -2.50. The lowest BCUT2D eigenvalue weighted by atomic mass is 10.2. The van der Waals surface area contributed by atoms with Crippen LogP contribution in [0, 0.1) is 0 Å². The van der Waals surface area contributed by atoms with Crippen LogP contribution in [0.25, 0.3) is 0 Å². The molecule has 0 aliphatic carbocycles. The van der Waals surface area contributed by atoms with Crippen molar-refractivity contribution in [3.05, 3.63) is 0 Å². The van der Waals surface area contributed by atoms with Crippen LogP contribution in [-0.2, 0) is 0 Å². The van der Waals surface area contributed by atoms with Gasteiger partial charge in [0, 0.05) is 0 Å². The van der Waals surface area contributed by atoms with Crippen molar-refractivity contribution in [2.24, 2.45) is 0 Å². The molecule has 0 unspecified atom stereocenters. The third-order valence-electron chi connectivity index (χ3n) is 3.48. The van der Waals surface area contributed by atoms with Crippen molar-refractivity contribution in [1.29, 1.82) is 0 Å². The molecule has 1 aliphatic heterocycles. The highest BCUT2D eigenvalue weighted by molar-refractivity contribution is 6.98. The third kappa shape index (κ3) is 4.31. The minimum atomic E-state index is -1.17. The molecule has 0 saturated carbocycles. The van der Waals surface area contributed by atoms with E-state index in [9.17, 15) is 0 Å². The summed E-state index contributed by atoms with van der Waals surface area (Å²) >= 11 is 0. The van der Waals surface area contributed by atoms with Gasteiger partial charge in [0.1, 0.15) is 16.5 Å². The Labute approximate surface area is 112 Å². The summed E-state index contributed by atoms with van der Waals surface area (Å²) in [7, 11) is -2.79. The lowest BCUT2D eigenvalue weighted by Crippen LogP contribution is -2.69. The maximum atomic E-state index is 3.04. The molecule has 0 spiro atoms. The summed E-state index contributed by atoms with van der Waals surface area (Å²) in [5.41, 5.74) is 0. The highest BCUT2D eigenvalue weighted by Gasteiger charge is 2.40. The molecule has 5 heteroatoms. The van der Waals surface area contributed by atoms with Gasteiger partial charge >= 0.3 is 0 Å². The summed E-state index contributed by atoms with van der Waals surface area (Å²) in [5.74, 6) is 0. The summed E-state index contributed by atoms with van der Waals surface area (Å²) in [5, 5.41) is 0. The van der Waals surface area contributed by atoms with Crippen molar-refractivity contribution in [2.75, 3.05) is 13.1 Å². The van der Waals surface area contributed by atoms with E-state index in [4.69, 9.17) is 0 Å². The van der Waals surface area contributed by atoms with Gasteiger partial charge in [-0.15, -0.1) is 0 Å². The second-order valence-electron chi connectivity index (χ2n) is 7.27. The first-order valence-electron chi connectivity index (χ1n) is 7.03. The van der Waals surface area contributed by atoms with E-state index in [1.807, 2.05) is 0 Å². The van der Waals surface area contributed by atoms with E-state index in [-0.39, 0.29) is 0 Å². The van der Waals surface area contributed by atoms with Crippen LogP contribution in [0.3, 0.4) is 0 Å². The van der Waals surface area contributed by atoms with Gasteiger partial charge in [-0.25, -0.2) is 0 Å². The van der Waals surface area contributed by atoms with Crippen LogP contribution in [0.1, 0.15) is 19.3 Å². The topological polar surface area (TPSA) is 6.48 Å². The van der Waals surface area contributed by atoms with Crippen LogP contribution in [-0.4, -0.2) is 47.1 Å². The van der Waals surface area contributed by atoms with Gasteiger partial charge in [-0.1, -0.05) is 45.7 Å². The zero-order valence-electron chi connectivity index (χ0n) is 12.9. The zero-order chi connectivity index (χ0) is 13.3. The van der Waals surface area contributed by atoms with E-state index in [2.05, 4.69) is 54.3 Å². The van der Waals surface area contributed by atoms with Crippen molar-refractivity contribution in [3.63, 3.8) is 0 Å². The van der Waals surface area contributed by atoms with Crippen molar-refractivity contribution in [1.82, 2.24) is 8.46 Å². The largest absolute Gasteiger partial charge is 0.357 e. The fourth-order valence-electron chi connectivity index (χ4n) is 3.34. The van der Waals surface area contributed by atoms with Crippen LogP contribution in [0.5, 0.6) is 0 Å². The molecular weight excluding hydrogens is 256 g/mol. The van der Waals surface area contributed by atoms with E-state index in [1.54, 1.807) is 0 Å². The first-order chi connectivity index (χ1) is 7.64. The molecule has 1 aliphatic rings. The molecule has 0 aromatic rings. The number of hydrogen-bond donors (Lipinski definition) is 0. The molecule has 2 nitrogen and oxygen atoms in total. The van der Waals surface area contributed by atoms with Crippen molar-refractivity contribution in [2.45, 2.75) is 65.1 Å². The van der Waals surface area contributed by atoms with Crippen LogP contribution in [0.2, 0.25) is 45.8 Å². The van der Waals surface area contributed by atoms with E-state index < -0.39 is 25.6 Å². The second-order valence-corrected chi connectivity index (χ2v) is 20.4. The van der Waals surface area contributed by atoms with Crippen LogP contribution < -0.4 is 0 Å². The molecule has 1 rings (SSSR count). The van der Waals surface area contributed by atoms with Crippen molar-refractivity contribution in [3.8, 4) is 0 Å². The highest BCUT2D eigenvalue weighted by atomic mass is 28.5. The standard InChI is InChI=1S/C12H31N2Si3/c1-15(13-11-9-8-10-12-13)14(16(2,3)4)17(5,6)7/h8-12H2,1-7H3. The molecule has 0 amide bonds. The van der Waals surface area contributed by atoms with Gasteiger partial charge in [-0.2, -0.15) is 0 Å².